The van der Waals surface area contributed by atoms with Crippen LogP contribution >= 0.6 is 0 Å². The summed E-state index contributed by atoms with van der Waals surface area (Å²) in [7, 11) is 0. The summed E-state index contributed by atoms with van der Waals surface area (Å²) in [4.78, 5) is 24.8. The fourth-order valence-corrected chi connectivity index (χ4v) is 2.38. The molecule has 5 nitrogen and oxygen atoms in total. The molecule has 1 aliphatic heterocycles. The van der Waals surface area contributed by atoms with Crippen molar-refractivity contribution in [2.45, 2.75) is 25.7 Å². The zero-order chi connectivity index (χ0) is 13.8. The molecule has 3 N–H and O–H groups in total. The SMILES string of the molecule is NCCCC(=O)N1CCCc2cc(C(=O)O)ccc21. The van der Waals surface area contributed by atoms with E-state index in [0.29, 0.717) is 25.9 Å². The van der Waals surface area contributed by atoms with Crippen molar-refractivity contribution in [1.29, 1.82) is 0 Å². The molecule has 102 valence electrons. The summed E-state index contributed by atoms with van der Waals surface area (Å²) in [6, 6.07) is 4.95. The molecule has 0 fully saturated rings. The highest BCUT2D eigenvalue weighted by molar-refractivity contribution is 5.96. The van der Waals surface area contributed by atoms with E-state index in [0.717, 1.165) is 24.1 Å². The molecular formula is C14H18N2O3. The van der Waals surface area contributed by atoms with Crippen LogP contribution in [0.5, 0.6) is 0 Å². The number of nitrogens with two attached hydrogens (primary N) is 1. The van der Waals surface area contributed by atoms with Crippen LogP contribution in [-0.4, -0.2) is 30.1 Å². The third-order valence-electron chi connectivity index (χ3n) is 3.34. The van der Waals surface area contributed by atoms with E-state index in [1.165, 1.54) is 0 Å². The lowest BCUT2D eigenvalue weighted by molar-refractivity contribution is -0.118. The molecular weight excluding hydrogens is 244 g/mol. The Hall–Kier alpha value is -1.88. The fourth-order valence-electron chi connectivity index (χ4n) is 2.38. The monoisotopic (exact) mass is 262 g/mol. The summed E-state index contributed by atoms with van der Waals surface area (Å²) < 4.78 is 0. The van der Waals surface area contributed by atoms with Crippen LogP contribution in [0.2, 0.25) is 0 Å². The maximum Gasteiger partial charge on any atom is 0.335 e. The molecule has 0 bridgehead atoms. The highest BCUT2D eigenvalue weighted by Crippen LogP contribution is 2.28. The minimum absolute atomic E-state index is 0.0643. The van der Waals surface area contributed by atoms with Gasteiger partial charge in [0.2, 0.25) is 5.91 Å². The number of carbonyl (C=O) groups is 2. The van der Waals surface area contributed by atoms with Crippen LogP contribution < -0.4 is 10.6 Å². The number of amides is 1. The Balaban J connectivity index is 2.24. The number of anilines is 1. The van der Waals surface area contributed by atoms with Gasteiger partial charge in [0.15, 0.2) is 0 Å². The lowest BCUT2D eigenvalue weighted by atomic mass is 9.98. The Morgan fingerprint density at radius 1 is 1.37 bits per heavy atom. The zero-order valence-electron chi connectivity index (χ0n) is 10.8. The maximum absolute atomic E-state index is 12.1. The molecule has 0 atom stereocenters. The van der Waals surface area contributed by atoms with Crippen molar-refractivity contribution in [3.8, 4) is 0 Å². The van der Waals surface area contributed by atoms with Crippen LogP contribution in [0.4, 0.5) is 5.69 Å². The minimum atomic E-state index is -0.936. The molecule has 0 spiro atoms. The summed E-state index contributed by atoms with van der Waals surface area (Å²) in [5.41, 5.74) is 7.47. The average molecular weight is 262 g/mol. The Kier molecular flexibility index (Phi) is 4.16. The summed E-state index contributed by atoms with van der Waals surface area (Å²) in [5.74, 6) is -0.871. The largest absolute Gasteiger partial charge is 0.478 e. The summed E-state index contributed by atoms with van der Waals surface area (Å²) in [6.45, 7) is 1.20. The van der Waals surface area contributed by atoms with Crippen molar-refractivity contribution in [1.82, 2.24) is 0 Å². The smallest absolute Gasteiger partial charge is 0.335 e. The van der Waals surface area contributed by atoms with Gasteiger partial charge in [-0.3, -0.25) is 4.79 Å². The molecule has 0 aliphatic carbocycles. The van der Waals surface area contributed by atoms with E-state index in [1.807, 2.05) is 0 Å². The van der Waals surface area contributed by atoms with Gasteiger partial charge in [-0.05, 0) is 49.6 Å². The first-order valence-corrected chi connectivity index (χ1v) is 6.50. The van der Waals surface area contributed by atoms with Crippen LogP contribution in [0.1, 0.15) is 35.2 Å². The number of aromatic carboxylic acids is 1. The Morgan fingerprint density at radius 2 is 2.16 bits per heavy atom. The molecule has 1 heterocycles. The van der Waals surface area contributed by atoms with E-state index >= 15 is 0 Å². The van der Waals surface area contributed by atoms with Gasteiger partial charge in [-0.1, -0.05) is 0 Å². The Bertz CT molecular complexity index is 499. The third-order valence-corrected chi connectivity index (χ3v) is 3.34. The number of hydrogen-bond acceptors (Lipinski definition) is 3. The number of carbonyl (C=O) groups excluding carboxylic acids is 1. The predicted molar refractivity (Wildman–Crippen MR) is 72.4 cm³/mol. The highest BCUT2D eigenvalue weighted by Gasteiger charge is 2.22. The van der Waals surface area contributed by atoms with E-state index in [2.05, 4.69) is 0 Å². The van der Waals surface area contributed by atoms with Gasteiger partial charge in [0.25, 0.3) is 0 Å². The van der Waals surface area contributed by atoms with Gasteiger partial charge < -0.3 is 15.7 Å². The van der Waals surface area contributed by atoms with Crippen LogP contribution in [0, 0.1) is 0 Å². The van der Waals surface area contributed by atoms with Crippen molar-refractivity contribution in [3.05, 3.63) is 29.3 Å². The number of nitrogens with zero attached hydrogens (tertiary/aromatic N) is 1. The molecule has 5 heteroatoms. The average Bonchev–Trinajstić information content (AvgIpc) is 2.43. The Labute approximate surface area is 112 Å². The highest BCUT2D eigenvalue weighted by atomic mass is 16.4. The predicted octanol–water partition coefficient (Wildman–Crippen LogP) is 1.40. The molecule has 1 aromatic carbocycles. The van der Waals surface area contributed by atoms with Crippen molar-refractivity contribution in [3.63, 3.8) is 0 Å². The molecule has 0 saturated heterocycles. The van der Waals surface area contributed by atoms with E-state index < -0.39 is 5.97 Å². The molecule has 0 aromatic heterocycles. The number of carboxylic acid groups (broad SMARTS) is 1. The van der Waals surface area contributed by atoms with Crippen LogP contribution in [0.3, 0.4) is 0 Å². The van der Waals surface area contributed by atoms with E-state index in [4.69, 9.17) is 10.8 Å². The maximum atomic E-state index is 12.1. The molecule has 1 aliphatic rings. The number of hydrogen-bond donors (Lipinski definition) is 2. The quantitative estimate of drug-likeness (QED) is 0.859. The van der Waals surface area contributed by atoms with Gasteiger partial charge in [0.1, 0.15) is 0 Å². The lowest BCUT2D eigenvalue weighted by Gasteiger charge is -2.29. The minimum Gasteiger partial charge on any atom is -0.478 e. The fraction of sp³-hybridized carbons (Fsp3) is 0.429. The summed E-state index contributed by atoms with van der Waals surface area (Å²) in [5, 5.41) is 8.98. The topological polar surface area (TPSA) is 83.6 Å². The van der Waals surface area contributed by atoms with Gasteiger partial charge >= 0.3 is 5.97 Å². The standard InChI is InChI=1S/C14H18N2O3/c15-7-1-4-13(17)16-8-2-3-10-9-11(14(18)19)5-6-12(10)16/h5-6,9H,1-4,7-8,15H2,(H,18,19). The molecule has 1 amide bonds. The molecule has 1 aromatic rings. The van der Waals surface area contributed by atoms with Gasteiger partial charge in [0.05, 0.1) is 5.56 Å². The summed E-state index contributed by atoms with van der Waals surface area (Å²) >= 11 is 0. The van der Waals surface area contributed by atoms with E-state index in [1.54, 1.807) is 23.1 Å². The number of rotatable bonds is 4. The van der Waals surface area contributed by atoms with Gasteiger partial charge in [-0.15, -0.1) is 0 Å². The number of aryl methyl sites for hydroxylation is 1. The molecule has 0 saturated carbocycles. The molecule has 2 rings (SSSR count). The second-order valence-electron chi connectivity index (χ2n) is 4.69. The zero-order valence-corrected chi connectivity index (χ0v) is 10.8. The second kappa shape index (κ2) is 5.84. The summed E-state index contributed by atoms with van der Waals surface area (Å²) in [6.07, 6.45) is 2.80. The van der Waals surface area contributed by atoms with Gasteiger partial charge in [-0.2, -0.15) is 0 Å². The first kappa shape index (κ1) is 13.5. The van der Waals surface area contributed by atoms with Gasteiger partial charge in [0, 0.05) is 18.7 Å². The third kappa shape index (κ3) is 2.93. The number of fused-ring (bicyclic) bond motifs is 1. The number of carboxylic acids is 1. The molecule has 0 radical (unpaired) electrons. The first-order chi connectivity index (χ1) is 9.13. The lowest BCUT2D eigenvalue weighted by Crippen LogP contribution is -2.35. The van der Waals surface area contributed by atoms with Crippen molar-refractivity contribution >= 4 is 17.6 Å². The van der Waals surface area contributed by atoms with E-state index in [-0.39, 0.29) is 11.5 Å². The van der Waals surface area contributed by atoms with Crippen molar-refractivity contribution < 1.29 is 14.7 Å². The van der Waals surface area contributed by atoms with Crippen molar-refractivity contribution in [2.24, 2.45) is 5.73 Å². The van der Waals surface area contributed by atoms with Crippen LogP contribution in [0.15, 0.2) is 18.2 Å². The van der Waals surface area contributed by atoms with E-state index in [9.17, 15) is 9.59 Å². The van der Waals surface area contributed by atoms with Gasteiger partial charge in [-0.25, -0.2) is 4.79 Å². The normalized spacial score (nSPS) is 14.1. The first-order valence-electron chi connectivity index (χ1n) is 6.50. The molecule has 19 heavy (non-hydrogen) atoms. The van der Waals surface area contributed by atoms with Crippen LogP contribution in [-0.2, 0) is 11.2 Å². The molecule has 0 unspecified atom stereocenters. The Morgan fingerprint density at radius 3 is 2.84 bits per heavy atom. The number of benzene rings is 1. The van der Waals surface area contributed by atoms with Crippen LogP contribution in [0.25, 0.3) is 0 Å². The second-order valence-corrected chi connectivity index (χ2v) is 4.69. The van der Waals surface area contributed by atoms with Crippen molar-refractivity contribution in [2.75, 3.05) is 18.0 Å².